The number of hydrogen-bond donors (Lipinski definition) is 1. The molecule has 1 heterocycles. The molecule has 1 unspecified atom stereocenters. The van der Waals surface area contributed by atoms with Crippen LogP contribution < -0.4 is 9.47 Å². The number of ether oxygens (including phenoxy) is 3. The number of amides is 1. The van der Waals surface area contributed by atoms with Gasteiger partial charge in [-0.15, -0.1) is 0 Å². The van der Waals surface area contributed by atoms with Gasteiger partial charge in [-0.3, -0.25) is 9.59 Å². The highest BCUT2D eigenvalue weighted by Gasteiger charge is 2.46. The van der Waals surface area contributed by atoms with Gasteiger partial charge in [-0.05, 0) is 49.2 Å². The van der Waals surface area contributed by atoms with Crippen molar-refractivity contribution in [3.63, 3.8) is 0 Å². The third-order valence-electron chi connectivity index (χ3n) is 5.20. The van der Waals surface area contributed by atoms with Gasteiger partial charge < -0.3 is 24.2 Å². The Morgan fingerprint density at radius 1 is 1.12 bits per heavy atom. The fraction of sp³-hybridized carbons (Fsp3) is 0.333. The second kappa shape index (κ2) is 10.5. The van der Waals surface area contributed by atoms with Crippen LogP contribution in [-0.4, -0.2) is 55.7 Å². The molecule has 0 radical (unpaired) electrons. The number of ketones is 1. The van der Waals surface area contributed by atoms with E-state index in [1.807, 2.05) is 6.92 Å². The molecule has 8 heteroatoms. The predicted molar refractivity (Wildman–Crippen MR) is 121 cm³/mol. The molecule has 0 aliphatic carbocycles. The second-order valence-electron chi connectivity index (χ2n) is 7.19. The fourth-order valence-electron chi connectivity index (χ4n) is 3.74. The van der Waals surface area contributed by atoms with E-state index in [2.05, 4.69) is 0 Å². The minimum atomic E-state index is -0.797. The van der Waals surface area contributed by atoms with E-state index in [1.165, 1.54) is 18.1 Å². The SMILES string of the molecule is CCOc1cccc(C2/C(=C(\O)c3cc(OC)ccc3Cl)C(=O)C(=O)N2CCCOC)c1. The van der Waals surface area contributed by atoms with Crippen molar-refractivity contribution < 1.29 is 28.9 Å². The summed E-state index contributed by atoms with van der Waals surface area (Å²) in [4.78, 5) is 27.5. The minimum absolute atomic E-state index is 0.0313. The number of carbonyl (C=O) groups excluding carboxylic acids is 2. The highest BCUT2D eigenvalue weighted by molar-refractivity contribution is 6.47. The Kier molecular flexibility index (Phi) is 7.77. The topological polar surface area (TPSA) is 85.3 Å². The first kappa shape index (κ1) is 23.6. The smallest absolute Gasteiger partial charge is 0.295 e. The van der Waals surface area contributed by atoms with Gasteiger partial charge in [0.25, 0.3) is 11.7 Å². The Bertz CT molecular complexity index is 1030. The van der Waals surface area contributed by atoms with Crippen LogP contribution in [0.3, 0.4) is 0 Å². The first-order chi connectivity index (χ1) is 15.4. The molecule has 1 atom stereocenters. The Hall–Kier alpha value is -3.03. The van der Waals surface area contributed by atoms with Gasteiger partial charge in [0.15, 0.2) is 0 Å². The van der Waals surface area contributed by atoms with Gasteiger partial charge in [0.05, 0.1) is 30.4 Å². The summed E-state index contributed by atoms with van der Waals surface area (Å²) in [5.74, 6) is -0.750. The van der Waals surface area contributed by atoms with Crippen molar-refractivity contribution in [2.45, 2.75) is 19.4 Å². The average molecular weight is 460 g/mol. The lowest BCUT2D eigenvalue weighted by Crippen LogP contribution is -2.31. The molecule has 3 rings (SSSR count). The molecule has 32 heavy (non-hydrogen) atoms. The Morgan fingerprint density at radius 3 is 2.59 bits per heavy atom. The zero-order chi connectivity index (χ0) is 23.3. The molecule has 1 aliphatic heterocycles. The molecule has 0 aromatic heterocycles. The Balaban J connectivity index is 2.17. The van der Waals surface area contributed by atoms with E-state index in [1.54, 1.807) is 43.5 Å². The van der Waals surface area contributed by atoms with E-state index < -0.39 is 17.7 Å². The van der Waals surface area contributed by atoms with Gasteiger partial charge in [-0.2, -0.15) is 0 Å². The van der Waals surface area contributed by atoms with Gasteiger partial charge >= 0.3 is 0 Å². The first-order valence-corrected chi connectivity index (χ1v) is 10.6. The van der Waals surface area contributed by atoms with Crippen molar-refractivity contribution in [2.24, 2.45) is 0 Å². The zero-order valence-electron chi connectivity index (χ0n) is 18.3. The molecule has 170 valence electrons. The number of likely N-dealkylation sites (tertiary alicyclic amines) is 1. The third-order valence-corrected chi connectivity index (χ3v) is 5.53. The summed E-state index contributed by atoms with van der Waals surface area (Å²) in [6, 6.07) is 11.1. The number of carbonyl (C=O) groups is 2. The van der Waals surface area contributed by atoms with Crippen LogP contribution in [0.2, 0.25) is 5.02 Å². The molecule has 1 fully saturated rings. The quantitative estimate of drug-likeness (QED) is 0.262. The Labute approximate surface area is 192 Å². The highest BCUT2D eigenvalue weighted by atomic mass is 35.5. The number of Topliss-reactive ketones (excluding diaryl/α,β-unsaturated/α-hetero) is 1. The van der Waals surface area contributed by atoms with Crippen molar-refractivity contribution >= 4 is 29.1 Å². The standard InChI is InChI=1S/C24H26ClNO6/c1-4-32-17-8-5-7-15(13-17)21-20(23(28)24(29)26(21)11-6-12-30-2)22(27)18-14-16(31-3)9-10-19(18)25/h5,7-10,13-14,21,27H,4,6,11-12H2,1-3H3/b22-20+. The van der Waals surface area contributed by atoms with Crippen LogP contribution in [0.5, 0.6) is 11.5 Å². The molecular formula is C24H26ClNO6. The number of rotatable bonds is 9. The Morgan fingerprint density at radius 2 is 1.91 bits per heavy atom. The number of halogens is 1. The van der Waals surface area contributed by atoms with E-state index >= 15 is 0 Å². The van der Waals surface area contributed by atoms with Crippen molar-refractivity contribution in [3.05, 3.63) is 64.2 Å². The summed E-state index contributed by atoms with van der Waals surface area (Å²) in [5.41, 5.74) is 0.830. The summed E-state index contributed by atoms with van der Waals surface area (Å²) in [6.45, 7) is 3.05. The normalized spacial score (nSPS) is 17.6. The van der Waals surface area contributed by atoms with Gasteiger partial charge in [-0.25, -0.2) is 0 Å². The maximum atomic E-state index is 13.1. The third kappa shape index (κ3) is 4.74. The zero-order valence-corrected chi connectivity index (χ0v) is 19.0. The number of aliphatic hydroxyl groups excluding tert-OH is 1. The molecule has 0 spiro atoms. The van der Waals surface area contributed by atoms with Crippen LogP contribution in [0.15, 0.2) is 48.0 Å². The number of benzene rings is 2. The number of hydrogen-bond acceptors (Lipinski definition) is 6. The maximum absolute atomic E-state index is 13.1. The summed E-state index contributed by atoms with van der Waals surface area (Å²) >= 11 is 6.31. The number of aliphatic hydroxyl groups is 1. The van der Waals surface area contributed by atoms with Crippen LogP contribution in [0.25, 0.3) is 5.76 Å². The monoisotopic (exact) mass is 459 g/mol. The van der Waals surface area contributed by atoms with Crippen LogP contribution in [0.1, 0.15) is 30.5 Å². The second-order valence-corrected chi connectivity index (χ2v) is 7.60. The molecule has 2 aromatic rings. The molecule has 0 saturated carbocycles. The summed E-state index contributed by atoms with van der Waals surface area (Å²) < 4.78 is 15.9. The van der Waals surface area contributed by atoms with Crippen molar-refractivity contribution in [1.82, 2.24) is 4.90 Å². The van der Waals surface area contributed by atoms with Gasteiger partial charge in [-0.1, -0.05) is 23.7 Å². The summed E-state index contributed by atoms with van der Waals surface area (Å²) in [7, 11) is 3.06. The largest absolute Gasteiger partial charge is 0.507 e. The molecule has 7 nitrogen and oxygen atoms in total. The lowest BCUT2D eigenvalue weighted by atomic mass is 9.95. The maximum Gasteiger partial charge on any atom is 0.295 e. The predicted octanol–water partition coefficient (Wildman–Crippen LogP) is 4.21. The molecule has 0 bridgehead atoms. The molecule has 1 aliphatic rings. The number of methoxy groups -OCH3 is 2. The molecular weight excluding hydrogens is 434 g/mol. The fourth-order valence-corrected chi connectivity index (χ4v) is 3.94. The van der Waals surface area contributed by atoms with Crippen LogP contribution in [0, 0.1) is 0 Å². The van der Waals surface area contributed by atoms with Crippen molar-refractivity contribution in [2.75, 3.05) is 34.0 Å². The van der Waals surface area contributed by atoms with E-state index in [9.17, 15) is 14.7 Å². The van der Waals surface area contributed by atoms with Crippen LogP contribution in [-0.2, 0) is 14.3 Å². The average Bonchev–Trinajstić information content (AvgIpc) is 3.04. The lowest BCUT2D eigenvalue weighted by molar-refractivity contribution is -0.140. The van der Waals surface area contributed by atoms with Gasteiger partial charge in [0, 0.05) is 25.8 Å². The minimum Gasteiger partial charge on any atom is -0.507 e. The highest BCUT2D eigenvalue weighted by Crippen LogP contribution is 2.41. The van der Waals surface area contributed by atoms with E-state index in [0.717, 1.165) is 0 Å². The van der Waals surface area contributed by atoms with Crippen molar-refractivity contribution in [1.29, 1.82) is 0 Å². The number of nitrogens with zero attached hydrogens (tertiary/aromatic N) is 1. The molecule has 1 amide bonds. The van der Waals surface area contributed by atoms with Gasteiger partial charge in [0.2, 0.25) is 0 Å². The van der Waals surface area contributed by atoms with E-state index in [0.29, 0.717) is 36.7 Å². The summed E-state index contributed by atoms with van der Waals surface area (Å²) in [5, 5.41) is 11.4. The van der Waals surface area contributed by atoms with Crippen molar-refractivity contribution in [3.8, 4) is 11.5 Å². The molecule has 2 aromatic carbocycles. The van der Waals surface area contributed by atoms with Gasteiger partial charge in [0.1, 0.15) is 17.3 Å². The summed E-state index contributed by atoms with van der Waals surface area (Å²) in [6.07, 6.45) is 0.533. The van der Waals surface area contributed by atoms with E-state index in [-0.39, 0.29) is 28.5 Å². The van der Waals surface area contributed by atoms with E-state index in [4.69, 9.17) is 25.8 Å². The van der Waals surface area contributed by atoms with Crippen LogP contribution in [0.4, 0.5) is 0 Å². The molecule has 1 N–H and O–H groups in total. The van der Waals surface area contributed by atoms with Crippen LogP contribution >= 0.6 is 11.6 Å². The lowest BCUT2D eigenvalue weighted by Gasteiger charge is -2.25. The first-order valence-electron chi connectivity index (χ1n) is 10.3. The molecule has 1 saturated heterocycles.